The predicted octanol–water partition coefficient (Wildman–Crippen LogP) is 2.35. The van der Waals surface area contributed by atoms with E-state index in [4.69, 9.17) is 0 Å². The fourth-order valence-electron chi connectivity index (χ4n) is 2.76. The van der Waals surface area contributed by atoms with Crippen molar-refractivity contribution in [2.45, 2.75) is 20.4 Å². The molecule has 5 heteroatoms. The summed E-state index contributed by atoms with van der Waals surface area (Å²) in [6.45, 7) is 5.41. The maximum Gasteiger partial charge on any atom is 0.234 e. The van der Waals surface area contributed by atoms with Gasteiger partial charge in [0.2, 0.25) is 5.78 Å². The lowest BCUT2D eigenvalue weighted by atomic mass is 10.2. The SMILES string of the molecule is Cc1cc(C)n2c(CN(CCO)c3ccccc3)cnc2n1. The number of aryl methyl sites for hydroxylation is 2. The molecule has 0 saturated carbocycles. The first-order valence-electron chi connectivity index (χ1n) is 7.40. The van der Waals surface area contributed by atoms with E-state index in [0.29, 0.717) is 13.1 Å². The van der Waals surface area contributed by atoms with Crippen molar-refractivity contribution in [1.82, 2.24) is 14.4 Å². The summed E-state index contributed by atoms with van der Waals surface area (Å²) in [5.74, 6) is 0.726. The molecule has 0 spiro atoms. The molecule has 0 bridgehead atoms. The van der Waals surface area contributed by atoms with Crippen molar-refractivity contribution in [3.63, 3.8) is 0 Å². The molecule has 2 aromatic heterocycles. The maximum atomic E-state index is 9.35. The third-order valence-electron chi connectivity index (χ3n) is 3.71. The number of nitrogens with zero attached hydrogens (tertiary/aromatic N) is 4. The van der Waals surface area contributed by atoms with Crippen LogP contribution in [0.1, 0.15) is 17.1 Å². The minimum atomic E-state index is 0.113. The number of aliphatic hydroxyl groups excluding tert-OH is 1. The van der Waals surface area contributed by atoms with Crippen LogP contribution in [0.2, 0.25) is 0 Å². The first-order chi connectivity index (χ1) is 10.7. The van der Waals surface area contributed by atoms with Gasteiger partial charge in [0.25, 0.3) is 0 Å². The fraction of sp³-hybridized carbons (Fsp3) is 0.294. The van der Waals surface area contributed by atoms with Gasteiger partial charge < -0.3 is 10.0 Å². The van der Waals surface area contributed by atoms with Crippen molar-refractivity contribution in [3.05, 3.63) is 59.7 Å². The molecule has 114 valence electrons. The normalized spacial score (nSPS) is 11.0. The molecule has 1 aromatic carbocycles. The van der Waals surface area contributed by atoms with Gasteiger partial charge in [0, 0.05) is 23.6 Å². The maximum absolute atomic E-state index is 9.35. The molecule has 0 saturated heterocycles. The third-order valence-corrected chi connectivity index (χ3v) is 3.71. The zero-order valence-corrected chi connectivity index (χ0v) is 12.9. The van der Waals surface area contributed by atoms with Gasteiger partial charge in [0.1, 0.15) is 0 Å². The summed E-state index contributed by atoms with van der Waals surface area (Å²) in [6.07, 6.45) is 1.86. The van der Waals surface area contributed by atoms with Crippen LogP contribution in [-0.2, 0) is 6.54 Å². The van der Waals surface area contributed by atoms with Crippen molar-refractivity contribution in [2.75, 3.05) is 18.1 Å². The largest absolute Gasteiger partial charge is 0.395 e. The second kappa shape index (κ2) is 6.15. The Morgan fingerprint density at radius 3 is 2.68 bits per heavy atom. The topological polar surface area (TPSA) is 53.7 Å². The molecule has 0 unspecified atom stereocenters. The number of hydrogen-bond donors (Lipinski definition) is 1. The third kappa shape index (κ3) is 2.80. The smallest absolute Gasteiger partial charge is 0.234 e. The van der Waals surface area contributed by atoms with Gasteiger partial charge in [-0.05, 0) is 32.0 Å². The highest BCUT2D eigenvalue weighted by Crippen LogP contribution is 2.18. The Hall–Kier alpha value is -2.40. The summed E-state index contributed by atoms with van der Waals surface area (Å²) >= 11 is 0. The molecular formula is C17H20N4O. The molecule has 1 N–H and O–H groups in total. The quantitative estimate of drug-likeness (QED) is 0.785. The number of rotatable bonds is 5. The second-order valence-corrected chi connectivity index (χ2v) is 5.40. The van der Waals surface area contributed by atoms with E-state index in [1.807, 2.05) is 43.5 Å². The molecule has 3 rings (SSSR count). The average Bonchev–Trinajstić information content (AvgIpc) is 2.91. The highest BCUT2D eigenvalue weighted by Gasteiger charge is 2.12. The summed E-state index contributed by atoms with van der Waals surface area (Å²) in [5.41, 5.74) is 4.24. The Morgan fingerprint density at radius 2 is 1.95 bits per heavy atom. The Morgan fingerprint density at radius 1 is 1.18 bits per heavy atom. The molecule has 0 radical (unpaired) electrons. The van der Waals surface area contributed by atoms with Crippen molar-refractivity contribution in [2.24, 2.45) is 0 Å². The van der Waals surface area contributed by atoms with Crippen LogP contribution in [-0.4, -0.2) is 32.6 Å². The Labute approximate surface area is 129 Å². The number of anilines is 1. The standard InChI is InChI=1S/C17H20N4O/c1-13-10-14(2)21-16(11-18-17(21)19-13)12-20(8-9-22)15-6-4-3-5-7-15/h3-7,10-11,22H,8-9,12H2,1-2H3. The van der Waals surface area contributed by atoms with Crippen LogP contribution in [0.3, 0.4) is 0 Å². The zero-order valence-electron chi connectivity index (χ0n) is 12.9. The Balaban J connectivity index is 1.97. The van der Waals surface area contributed by atoms with Crippen LogP contribution in [0.15, 0.2) is 42.6 Å². The molecule has 2 heterocycles. The Bertz CT molecular complexity index is 767. The van der Waals surface area contributed by atoms with Crippen LogP contribution in [0, 0.1) is 13.8 Å². The molecule has 0 aliphatic rings. The van der Waals surface area contributed by atoms with Gasteiger partial charge in [-0.15, -0.1) is 0 Å². The number of imidazole rings is 1. The van der Waals surface area contributed by atoms with Gasteiger partial charge in [-0.3, -0.25) is 4.40 Å². The minimum Gasteiger partial charge on any atom is -0.395 e. The average molecular weight is 296 g/mol. The van der Waals surface area contributed by atoms with Gasteiger partial charge in [-0.25, -0.2) is 9.97 Å². The highest BCUT2D eigenvalue weighted by molar-refractivity contribution is 5.47. The van der Waals surface area contributed by atoms with Gasteiger partial charge in [-0.1, -0.05) is 18.2 Å². The molecule has 0 fully saturated rings. The van der Waals surface area contributed by atoms with E-state index in [0.717, 1.165) is 28.5 Å². The molecule has 0 atom stereocenters. The van der Waals surface area contributed by atoms with Gasteiger partial charge >= 0.3 is 0 Å². The molecule has 3 aromatic rings. The van der Waals surface area contributed by atoms with Crippen LogP contribution in [0.25, 0.3) is 5.78 Å². The number of aliphatic hydroxyl groups is 1. The summed E-state index contributed by atoms with van der Waals surface area (Å²) in [5, 5.41) is 9.35. The van der Waals surface area contributed by atoms with Crippen LogP contribution in [0.5, 0.6) is 0 Å². The van der Waals surface area contributed by atoms with E-state index < -0.39 is 0 Å². The van der Waals surface area contributed by atoms with E-state index >= 15 is 0 Å². The number of para-hydroxylation sites is 1. The molecule has 0 aliphatic heterocycles. The molecule has 0 aliphatic carbocycles. The lowest BCUT2D eigenvalue weighted by Crippen LogP contribution is -2.26. The van der Waals surface area contributed by atoms with Gasteiger partial charge in [0.05, 0.1) is 25.0 Å². The molecule has 22 heavy (non-hydrogen) atoms. The summed E-state index contributed by atoms with van der Waals surface area (Å²) in [7, 11) is 0. The predicted molar refractivity (Wildman–Crippen MR) is 87.0 cm³/mol. The van der Waals surface area contributed by atoms with E-state index in [9.17, 15) is 5.11 Å². The zero-order chi connectivity index (χ0) is 15.5. The first-order valence-corrected chi connectivity index (χ1v) is 7.40. The minimum absolute atomic E-state index is 0.113. The summed E-state index contributed by atoms with van der Waals surface area (Å²) in [4.78, 5) is 11.0. The van der Waals surface area contributed by atoms with Gasteiger partial charge in [0.15, 0.2) is 0 Å². The lowest BCUT2D eigenvalue weighted by molar-refractivity contribution is 0.301. The van der Waals surface area contributed by atoms with E-state index in [1.54, 1.807) is 0 Å². The fourth-order valence-corrected chi connectivity index (χ4v) is 2.76. The molecular weight excluding hydrogens is 276 g/mol. The second-order valence-electron chi connectivity index (χ2n) is 5.40. The van der Waals surface area contributed by atoms with Crippen molar-refractivity contribution in [1.29, 1.82) is 0 Å². The van der Waals surface area contributed by atoms with E-state index in [2.05, 4.69) is 32.3 Å². The highest BCUT2D eigenvalue weighted by atomic mass is 16.3. The van der Waals surface area contributed by atoms with E-state index in [1.165, 1.54) is 0 Å². The van der Waals surface area contributed by atoms with Crippen molar-refractivity contribution >= 4 is 11.5 Å². The number of benzene rings is 1. The Kier molecular flexibility index (Phi) is 4.06. The lowest BCUT2D eigenvalue weighted by Gasteiger charge is -2.23. The summed E-state index contributed by atoms with van der Waals surface area (Å²) in [6, 6.07) is 12.2. The van der Waals surface area contributed by atoms with Crippen molar-refractivity contribution < 1.29 is 5.11 Å². The molecule has 0 amide bonds. The van der Waals surface area contributed by atoms with Crippen LogP contribution in [0.4, 0.5) is 5.69 Å². The van der Waals surface area contributed by atoms with Crippen LogP contribution < -0.4 is 4.90 Å². The van der Waals surface area contributed by atoms with Crippen LogP contribution >= 0.6 is 0 Å². The van der Waals surface area contributed by atoms with Crippen molar-refractivity contribution in [3.8, 4) is 0 Å². The monoisotopic (exact) mass is 296 g/mol. The molecule has 5 nitrogen and oxygen atoms in total. The van der Waals surface area contributed by atoms with Gasteiger partial charge in [-0.2, -0.15) is 0 Å². The summed E-state index contributed by atoms with van der Waals surface area (Å²) < 4.78 is 2.07. The number of fused-ring (bicyclic) bond motifs is 1. The number of hydrogen-bond acceptors (Lipinski definition) is 4. The number of aromatic nitrogens is 3. The first kappa shape index (κ1) is 14.5. The van der Waals surface area contributed by atoms with E-state index in [-0.39, 0.29) is 6.61 Å².